The lowest BCUT2D eigenvalue weighted by atomic mass is 9.63. The van der Waals surface area contributed by atoms with E-state index in [1.165, 1.54) is 36.0 Å². The first-order chi connectivity index (χ1) is 13.9. The van der Waals surface area contributed by atoms with Gasteiger partial charge in [-0.05, 0) is 68.4 Å². The van der Waals surface area contributed by atoms with Crippen LogP contribution in [-0.4, -0.2) is 38.0 Å². The molecule has 0 bridgehead atoms. The minimum atomic E-state index is -0.401. The highest BCUT2D eigenvalue weighted by atomic mass is 16.7. The van der Waals surface area contributed by atoms with Crippen LogP contribution in [0.5, 0.6) is 0 Å². The van der Waals surface area contributed by atoms with E-state index in [-0.39, 0.29) is 11.2 Å². The number of hydrogen-bond donors (Lipinski definition) is 0. The molecule has 0 aromatic rings. The second-order valence-electron chi connectivity index (χ2n) is 10.1. The molecule has 29 heavy (non-hydrogen) atoms. The summed E-state index contributed by atoms with van der Waals surface area (Å²) >= 11 is 0. The number of fused-ring (bicyclic) bond motifs is 1. The van der Waals surface area contributed by atoms with Crippen LogP contribution in [0.4, 0.5) is 0 Å². The van der Waals surface area contributed by atoms with Gasteiger partial charge in [-0.3, -0.25) is 0 Å². The van der Waals surface area contributed by atoms with E-state index in [1.807, 2.05) is 0 Å². The third-order valence-electron chi connectivity index (χ3n) is 8.47. The summed E-state index contributed by atoms with van der Waals surface area (Å²) in [5.41, 5.74) is 4.64. The first-order valence-corrected chi connectivity index (χ1v) is 11.6. The highest BCUT2D eigenvalue weighted by Crippen LogP contribution is 2.60. The Morgan fingerprint density at radius 3 is 2.41 bits per heavy atom. The maximum atomic E-state index is 6.10. The molecule has 4 heteroatoms. The summed E-state index contributed by atoms with van der Waals surface area (Å²) in [5, 5.41) is 0. The Bertz CT molecular complexity index is 736. The molecule has 3 aliphatic carbocycles. The molecule has 1 spiro atoms. The average Bonchev–Trinajstić information content (AvgIpc) is 3.42. The van der Waals surface area contributed by atoms with E-state index >= 15 is 0 Å². The third kappa shape index (κ3) is 3.37. The minimum Gasteiger partial charge on any atom is -0.348 e. The normalized spacial score (nSPS) is 38.8. The van der Waals surface area contributed by atoms with E-state index in [9.17, 15) is 0 Å². The summed E-state index contributed by atoms with van der Waals surface area (Å²) in [6, 6.07) is 0. The monoisotopic (exact) mass is 400 g/mol. The Labute approximate surface area is 175 Å². The van der Waals surface area contributed by atoms with Gasteiger partial charge in [0.25, 0.3) is 0 Å². The lowest BCUT2D eigenvalue weighted by Gasteiger charge is -2.45. The Kier molecular flexibility index (Phi) is 5.05. The van der Waals surface area contributed by atoms with Gasteiger partial charge in [0, 0.05) is 18.8 Å². The van der Waals surface area contributed by atoms with Gasteiger partial charge >= 0.3 is 0 Å². The molecule has 0 unspecified atom stereocenters. The molecule has 0 amide bonds. The summed E-state index contributed by atoms with van der Waals surface area (Å²) in [6.45, 7) is 9.83. The van der Waals surface area contributed by atoms with Crippen LogP contribution in [0.25, 0.3) is 0 Å². The number of allylic oxidation sites excluding steroid dienone is 5. The number of ether oxygens (including phenoxy) is 4. The average molecular weight is 401 g/mol. The summed E-state index contributed by atoms with van der Waals surface area (Å²) < 4.78 is 24.2. The molecule has 0 aromatic heterocycles. The minimum absolute atomic E-state index is 0.252. The molecule has 2 heterocycles. The van der Waals surface area contributed by atoms with Crippen molar-refractivity contribution < 1.29 is 18.9 Å². The quantitative estimate of drug-likeness (QED) is 0.644. The van der Waals surface area contributed by atoms with Crippen LogP contribution in [0.15, 0.2) is 34.9 Å². The van der Waals surface area contributed by atoms with Gasteiger partial charge in [-0.2, -0.15) is 0 Å². The summed E-state index contributed by atoms with van der Waals surface area (Å²) in [4.78, 5) is 0. The van der Waals surface area contributed by atoms with Crippen LogP contribution >= 0.6 is 0 Å². The maximum absolute atomic E-state index is 6.10. The standard InChI is InChI=1S/C25H36O4/c1-18-10-12-25(28-15-16-29-25)17-20(18)7-6-19-5-4-11-23(2)21(19)8-9-22(23)24(3)26-13-14-27-24/h5-7,21-22H,4,8-17H2,1-3H3/b7-6-/t21-,22-,23-/m0/s1. The van der Waals surface area contributed by atoms with Crippen LogP contribution in [0, 0.1) is 17.3 Å². The molecule has 0 radical (unpaired) electrons. The van der Waals surface area contributed by atoms with Gasteiger partial charge in [-0.25, -0.2) is 0 Å². The fraction of sp³-hybridized carbons (Fsp3) is 0.760. The van der Waals surface area contributed by atoms with E-state index in [4.69, 9.17) is 18.9 Å². The second-order valence-corrected chi connectivity index (χ2v) is 10.1. The van der Waals surface area contributed by atoms with Gasteiger partial charge < -0.3 is 18.9 Å². The van der Waals surface area contributed by atoms with Gasteiger partial charge in [0.05, 0.1) is 26.4 Å². The zero-order valence-electron chi connectivity index (χ0n) is 18.3. The zero-order chi connectivity index (χ0) is 20.1. The van der Waals surface area contributed by atoms with Crippen molar-refractivity contribution in [2.24, 2.45) is 17.3 Å². The molecular weight excluding hydrogens is 364 g/mol. The lowest BCUT2D eigenvalue weighted by molar-refractivity contribution is -0.205. The third-order valence-corrected chi connectivity index (χ3v) is 8.47. The molecule has 4 nitrogen and oxygen atoms in total. The largest absolute Gasteiger partial charge is 0.348 e. The maximum Gasteiger partial charge on any atom is 0.172 e. The Morgan fingerprint density at radius 1 is 0.931 bits per heavy atom. The molecule has 3 fully saturated rings. The highest BCUT2D eigenvalue weighted by Gasteiger charge is 2.57. The van der Waals surface area contributed by atoms with Crippen LogP contribution in [0.3, 0.4) is 0 Å². The zero-order valence-corrected chi connectivity index (χ0v) is 18.3. The van der Waals surface area contributed by atoms with Gasteiger partial charge in [0.2, 0.25) is 0 Å². The van der Waals surface area contributed by atoms with Crippen LogP contribution in [0.2, 0.25) is 0 Å². The highest BCUT2D eigenvalue weighted by molar-refractivity contribution is 5.37. The van der Waals surface area contributed by atoms with Gasteiger partial charge in [-0.1, -0.05) is 30.7 Å². The summed E-state index contributed by atoms with van der Waals surface area (Å²) in [6.07, 6.45) is 15.0. The number of rotatable bonds is 3. The Balaban J connectivity index is 1.35. The predicted octanol–water partition coefficient (Wildman–Crippen LogP) is 5.30. The van der Waals surface area contributed by atoms with Gasteiger partial charge in [0.1, 0.15) is 0 Å². The molecule has 5 rings (SSSR count). The van der Waals surface area contributed by atoms with Gasteiger partial charge in [-0.15, -0.1) is 0 Å². The van der Waals surface area contributed by atoms with Crippen LogP contribution in [-0.2, 0) is 18.9 Å². The molecule has 1 saturated carbocycles. The fourth-order valence-corrected chi connectivity index (χ4v) is 6.81. The predicted molar refractivity (Wildman–Crippen MR) is 112 cm³/mol. The molecule has 0 aromatic carbocycles. The Hall–Kier alpha value is -0.940. The number of hydrogen-bond acceptors (Lipinski definition) is 4. The van der Waals surface area contributed by atoms with Crippen molar-refractivity contribution in [1.29, 1.82) is 0 Å². The van der Waals surface area contributed by atoms with E-state index < -0.39 is 5.79 Å². The molecule has 2 saturated heterocycles. The van der Waals surface area contributed by atoms with Crippen molar-refractivity contribution in [1.82, 2.24) is 0 Å². The van der Waals surface area contributed by atoms with E-state index in [0.29, 0.717) is 11.8 Å². The van der Waals surface area contributed by atoms with Crippen molar-refractivity contribution in [2.45, 2.75) is 77.3 Å². The topological polar surface area (TPSA) is 36.9 Å². The van der Waals surface area contributed by atoms with E-state index in [0.717, 1.165) is 52.1 Å². The lowest BCUT2D eigenvalue weighted by Crippen LogP contribution is -2.45. The van der Waals surface area contributed by atoms with Gasteiger partial charge in [0.15, 0.2) is 11.6 Å². The fourth-order valence-electron chi connectivity index (χ4n) is 6.81. The smallest absolute Gasteiger partial charge is 0.172 e. The van der Waals surface area contributed by atoms with E-state index in [2.05, 4.69) is 39.0 Å². The molecule has 5 aliphatic rings. The van der Waals surface area contributed by atoms with Crippen molar-refractivity contribution in [3.8, 4) is 0 Å². The molecular formula is C25H36O4. The van der Waals surface area contributed by atoms with Crippen molar-refractivity contribution in [3.05, 3.63) is 34.9 Å². The SMILES string of the molecule is CC1=C(/C=C\C2=CCC[C@]3(C)[C@@H](C4(C)OCCO4)CC[C@@H]23)CC2(CC1)OCCO2. The molecule has 0 N–H and O–H groups in total. The summed E-state index contributed by atoms with van der Waals surface area (Å²) in [5.74, 6) is 0.305. The Morgan fingerprint density at radius 2 is 1.66 bits per heavy atom. The second kappa shape index (κ2) is 7.33. The molecule has 3 atom stereocenters. The molecule has 2 aliphatic heterocycles. The van der Waals surface area contributed by atoms with E-state index in [1.54, 1.807) is 0 Å². The first kappa shape index (κ1) is 20.0. The van der Waals surface area contributed by atoms with Crippen molar-refractivity contribution in [3.63, 3.8) is 0 Å². The van der Waals surface area contributed by atoms with Crippen molar-refractivity contribution >= 4 is 0 Å². The summed E-state index contributed by atoms with van der Waals surface area (Å²) in [7, 11) is 0. The molecule has 160 valence electrons. The van der Waals surface area contributed by atoms with Crippen LogP contribution < -0.4 is 0 Å². The van der Waals surface area contributed by atoms with Crippen LogP contribution in [0.1, 0.15) is 65.7 Å². The van der Waals surface area contributed by atoms with Crippen molar-refractivity contribution in [2.75, 3.05) is 26.4 Å². The first-order valence-electron chi connectivity index (χ1n) is 11.6.